The van der Waals surface area contributed by atoms with Crippen molar-refractivity contribution in [2.24, 2.45) is 0 Å². The van der Waals surface area contributed by atoms with Gasteiger partial charge in [-0.1, -0.05) is 197 Å². The van der Waals surface area contributed by atoms with Gasteiger partial charge in [-0.25, -0.2) is 0 Å². The smallest absolute Gasteiger partial charge is 0.322 e. The van der Waals surface area contributed by atoms with E-state index in [1.165, 1.54) is 154 Å². The van der Waals surface area contributed by atoms with E-state index in [0.29, 0.717) is 12.8 Å². The Hall–Kier alpha value is -2.63. The van der Waals surface area contributed by atoms with Crippen molar-refractivity contribution in [3.8, 4) is 0 Å². The second kappa shape index (κ2) is 49.0. The van der Waals surface area contributed by atoms with Gasteiger partial charge < -0.3 is 15.2 Å². The van der Waals surface area contributed by atoms with Crippen molar-refractivity contribution in [3.63, 3.8) is 0 Å². The van der Waals surface area contributed by atoms with Crippen molar-refractivity contribution >= 4 is 17.8 Å². The molecule has 0 saturated heterocycles. The number of nitrogens with one attached hydrogen (secondary N) is 1. The zero-order valence-electron chi connectivity index (χ0n) is 39.6. The number of hydrogen-bond acceptors (Lipinski definition) is 4. The first kappa shape index (κ1) is 57.4. The predicted molar refractivity (Wildman–Crippen MR) is 258 cm³/mol. The first-order chi connectivity index (χ1) is 29.5. The normalized spacial score (nSPS) is 12.4. The highest BCUT2D eigenvalue weighted by molar-refractivity contribution is 5.80. The molecule has 6 heteroatoms. The topological polar surface area (TPSA) is 92.7 Å². The van der Waals surface area contributed by atoms with Gasteiger partial charge in [-0.15, -0.1) is 0 Å². The van der Waals surface area contributed by atoms with Crippen LogP contribution in [-0.4, -0.2) is 35.6 Å². The van der Waals surface area contributed by atoms with E-state index >= 15 is 0 Å². The SMILES string of the molecule is CCCCCCC/C=C\C/C=C\C/C=C\CCCCCCCCCCC(=O)OC(CCCCC/C=C\CCCCCCCCCC)CCCCCCCC(=O)NCC(=O)O. The number of carbonyl (C=O) groups is 3. The third kappa shape index (κ3) is 48.0. The van der Waals surface area contributed by atoms with Crippen molar-refractivity contribution in [2.45, 2.75) is 270 Å². The predicted octanol–water partition coefficient (Wildman–Crippen LogP) is 16.6. The van der Waals surface area contributed by atoms with Crippen molar-refractivity contribution in [1.82, 2.24) is 5.32 Å². The van der Waals surface area contributed by atoms with E-state index in [1.807, 2.05) is 0 Å². The number of esters is 1. The zero-order valence-corrected chi connectivity index (χ0v) is 39.6. The summed E-state index contributed by atoms with van der Waals surface area (Å²) in [5, 5.41) is 11.1. The van der Waals surface area contributed by atoms with E-state index in [2.05, 4.69) is 67.8 Å². The molecule has 0 fully saturated rings. The molecule has 0 aromatic rings. The van der Waals surface area contributed by atoms with Crippen LogP contribution >= 0.6 is 0 Å². The Labute approximate surface area is 371 Å². The average molecular weight is 840 g/mol. The van der Waals surface area contributed by atoms with Crippen LogP contribution in [-0.2, 0) is 19.1 Å². The van der Waals surface area contributed by atoms with Crippen LogP contribution in [0.4, 0.5) is 0 Å². The van der Waals surface area contributed by atoms with Gasteiger partial charge in [-0.3, -0.25) is 14.4 Å². The molecule has 0 aromatic heterocycles. The molecule has 1 atom stereocenters. The maximum absolute atomic E-state index is 12.8. The second-order valence-electron chi connectivity index (χ2n) is 17.4. The van der Waals surface area contributed by atoms with E-state index in [-0.39, 0.29) is 24.5 Å². The fourth-order valence-corrected chi connectivity index (χ4v) is 7.64. The summed E-state index contributed by atoms with van der Waals surface area (Å²) < 4.78 is 6.06. The van der Waals surface area contributed by atoms with Gasteiger partial charge in [-0.2, -0.15) is 0 Å². The third-order valence-electron chi connectivity index (χ3n) is 11.5. The molecule has 1 amide bonds. The first-order valence-electron chi connectivity index (χ1n) is 25.8. The van der Waals surface area contributed by atoms with Crippen LogP contribution in [0.2, 0.25) is 0 Å². The number of carboxylic acid groups (broad SMARTS) is 1. The molecule has 0 spiro atoms. The lowest BCUT2D eigenvalue weighted by Crippen LogP contribution is -2.28. The number of ether oxygens (including phenoxy) is 1. The Bertz CT molecular complexity index is 1060. The number of hydrogen-bond donors (Lipinski definition) is 2. The number of carbonyl (C=O) groups excluding carboxylic acids is 2. The summed E-state index contributed by atoms with van der Waals surface area (Å²) in [4.78, 5) is 35.2. The Balaban J connectivity index is 4.13. The lowest BCUT2D eigenvalue weighted by molar-refractivity contribution is -0.150. The molecule has 0 saturated carbocycles. The number of aliphatic carboxylic acids is 1. The monoisotopic (exact) mass is 840 g/mol. The van der Waals surface area contributed by atoms with Crippen LogP contribution in [0.25, 0.3) is 0 Å². The number of rotatable bonds is 47. The molecule has 2 N–H and O–H groups in total. The van der Waals surface area contributed by atoms with Crippen LogP contribution in [0.3, 0.4) is 0 Å². The Kier molecular flexibility index (Phi) is 46.9. The van der Waals surface area contributed by atoms with Gasteiger partial charge in [0, 0.05) is 12.8 Å². The fraction of sp³-hybridized carbons (Fsp3) is 0.796. The summed E-state index contributed by atoms with van der Waals surface area (Å²) in [5.74, 6) is -1.24. The first-order valence-corrected chi connectivity index (χ1v) is 25.8. The van der Waals surface area contributed by atoms with Crippen molar-refractivity contribution in [3.05, 3.63) is 48.6 Å². The summed E-state index contributed by atoms with van der Waals surface area (Å²) in [6.45, 7) is 4.23. The molecule has 0 aromatic carbocycles. The van der Waals surface area contributed by atoms with Crippen LogP contribution in [0.1, 0.15) is 264 Å². The van der Waals surface area contributed by atoms with Gasteiger partial charge in [-0.05, 0) is 103 Å². The van der Waals surface area contributed by atoms with Crippen LogP contribution in [0.15, 0.2) is 48.6 Å². The summed E-state index contributed by atoms with van der Waals surface area (Å²) in [6, 6.07) is 0. The summed E-state index contributed by atoms with van der Waals surface area (Å²) in [7, 11) is 0. The maximum atomic E-state index is 12.8. The molecule has 0 aliphatic carbocycles. The van der Waals surface area contributed by atoms with E-state index in [0.717, 1.165) is 83.5 Å². The van der Waals surface area contributed by atoms with Gasteiger partial charge in [0.1, 0.15) is 12.6 Å². The average Bonchev–Trinajstić information content (AvgIpc) is 3.24. The maximum Gasteiger partial charge on any atom is 0.322 e. The minimum atomic E-state index is -1.02. The van der Waals surface area contributed by atoms with Gasteiger partial charge in [0.05, 0.1) is 0 Å². The van der Waals surface area contributed by atoms with Gasteiger partial charge >= 0.3 is 11.9 Å². The highest BCUT2D eigenvalue weighted by Crippen LogP contribution is 2.19. The number of carboxylic acids is 1. The highest BCUT2D eigenvalue weighted by Gasteiger charge is 2.14. The van der Waals surface area contributed by atoms with Crippen molar-refractivity contribution in [1.29, 1.82) is 0 Å². The standard InChI is InChI=1S/C54H97NO5/c1-3-5-7-9-11-13-15-17-19-20-21-22-23-24-25-26-28-30-32-34-36-41-45-49-54(59)60-51(47-43-39-37-40-44-48-52(56)55-50-53(57)58)46-42-38-35-33-31-29-27-18-16-14-12-10-8-6-4-2/h15,17,20-21,23-24,29,31,51H,3-14,16,18-19,22,25-28,30,32-50H2,1-2H3,(H,55,56)(H,57,58)/b17-15-,21-20-,24-23-,31-29-. The number of allylic oxidation sites excluding steroid dienone is 8. The molecule has 1 unspecified atom stereocenters. The third-order valence-corrected chi connectivity index (χ3v) is 11.5. The van der Waals surface area contributed by atoms with E-state index in [4.69, 9.17) is 9.84 Å². The Morgan fingerprint density at radius 1 is 0.433 bits per heavy atom. The Morgan fingerprint density at radius 3 is 1.20 bits per heavy atom. The van der Waals surface area contributed by atoms with Crippen molar-refractivity contribution < 1.29 is 24.2 Å². The lowest BCUT2D eigenvalue weighted by atomic mass is 10.0. The lowest BCUT2D eigenvalue weighted by Gasteiger charge is -2.18. The Morgan fingerprint density at radius 2 is 0.767 bits per heavy atom. The molecule has 0 radical (unpaired) electrons. The van der Waals surface area contributed by atoms with Crippen LogP contribution < -0.4 is 5.32 Å². The minimum Gasteiger partial charge on any atom is -0.480 e. The minimum absolute atomic E-state index is 0.00471. The largest absolute Gasteiger partial charge is 0.480 e. The van der Waals surface area contributed by atoms with Gasteiger partial charge in [0.2, 0.25) is 5.91 Å². The molecule has 60 heavy (non-hydrogen) atoms. The van der Waals surface area contributed by atoms with E-state index in [9.17, 15) is 14.4 Å². The van der Waals surface area contributed by atoms with Crippen LogP contribution in [0.5, 0.6) is 0 Å². The highest BCUT2D eigenvalue weighted by atomic mass is 16.5. The van der Waals surface area contributed by atoms with Gasteiger partial charge in [0.25, 0.3) is 0 Å². The molecule has 348 valence electrons. The molecule has 6 nitrogen and oxygen atoms in total. The molecule has 0 heterocycles. The summed E-state index contributed by atoms with van der Waals surface area (Å²) >= 11 is 0. The van der Waals surface area contributed by atoms with E-state index in [1.54, 1.807) is 0 Å². The van der Waals surface area contributed by atoms with Crippen molar-refractivity contribution in [2.75, 3.05) is 6.54 Å². The molecule has 0 rings (SSSR count). The number of unbranched alkanes of at least 4 members (excludes halogenated alkanes) is 28. The second-order valence-corrected chi connectivity index (χ2v) is 17.4. The van der Waals surface area contributed by atoms with Crippen LogP contribution in [0, 0.1) is 0 Å². The summed E-state index contributed by atoms with van der Waals surface area (Å²) in [5.41, 5.74) is 0. The molecular weight excluding hydrogens is 743 g/mol. The fourth-order valence-electron chi connectivity index (χ4n) is 7.64. The van der Waals surface area contributed by atoms with Gasteiger partial charge in [0.15, 0.2) is 0 Å². The van der Waals surface area contributed by atoms with E-state index < -0.39 is 5.97 Å². The molecule has 0 aliphatic heterocycles. The summed E-state index contributed by atoms with van der Waals surface area (Å²) in [6.07, 6.45) is 63.9. The zero-order chi connectivity index (χ0) is 43.7. The quantitative estimate of drug-likeness (QED) is 0.0362. The number of amides is 1. The molecule has 0 aliphatic rings. The molecular formula is C54H97NO5. The molecule has 0 bridgehead atoms.